The van der Waals surface area contributed by atoms with E-state index < -0.39 is 0 Å². The second-order valence-corrected chi connectivity index (χ2v) is 5.34. The minimum absolute atomic E-state index is 0.00944. The lowest BCUT2D eigenvalue weighted by atomic mass is 10.0. The molecule has 16 heavy (non-hydrogen) atoms. The molecule has 0 aliphatic carbocycles. The summed E-state index contributed by atoms with van der Waals surface area (Å²) in [6.07, 6.45) is 3.76. The van der Waals surface area contributed by atoms with Crippen LogP contribution in [0.4, 0.5) is 0 Å². The first-order chi connectivity index (χ1) is 7.59. The van der Waals surface area contributed by atoms with Crippen molar-refractivity contribution in [3.63, 3.8) is 0 Å². The second-order valence-electron chi connectivity index (χ2n) is 5.34. The Balaban J connectivity index is 2.36. The van der Waals surface area contributed by atoms with Crippen LogP contribution in [0.15, 0.2) is 0 Å². The Morgan fingerprint density at radius 1 is 1.44 bits per heavy atom. The van der Waals surface area contributed by atoms with E-state index in [2.05, 4.69) is 31.0 Å². The smallest absolute Gasteiger partial charge is 0.0634 e. The lowest BCUT2D eigenvalue weighted by Crippen LogP contribution is -2.47. The van der Waals surface area contributed by atoms with E-state index in [0.29, 0.717) is 0 Å². The third kappa shape index (κ3) is 4.40. The lowest BCUT2D eigenvalue weighted by molar-refractivity contribution is 0.00334. The summed E-state index contributed by atoms with van der Waals surface area (Å²) >= 11 is 0. The molecule has 0 radical (unpaired) electrons. The van der Waals surface area contributed by atoms with E-state index in [1.807, 2.05) is 0 Å². The molecule has 0 bridgehead atoms. The van der Waals surface area contributed by atoms with Crippen molar-refractivity contribution in [1.82, 2.24) is 10.2 Å². The van der Waals surface area contributed by atoms with Gasteiger partial charge in [-0.15, -0.1) is 0 Å². The van der Waals surface area contributed by atoms with Gasteiger partial charge in [0.15, 0.2) is 0 Å². The van der Waals surface area contributed by atoms with Gasteiger partial charge in [-0.05, 0) is 46.2 Å². The van der Waals surface area contributed by atoms with Crippen molar-refractivity contribution in [1.29, 1.82) is 0 Å². The van der Waals surface area contributed by atoms with Gasteiger partial charge in [-0.2, -0.15) is 0 Å². The second kappa shape index (κ2) is 6.58. The Hall–Kier alpha value is -0.120. The van der Waals surface area contributed by atoms with E-state index in [-0.39, 0.29) is 5.60 Å². The molecular formula is C13H28N2O. The van der Waals surface area contributed by atoms with Crippen molar-refractivity contribution < 1.29 is 4.74 Å². The maximum absolute atomic E-state index is 5.48. The number of methoxy groups -OCH3 is 1. The van der Waals surface area contributed by atoms with Gasteiger partial charge >= 0.3 is 0 Å². The van der Waals surface area contributed by atoms with E-state index in [0.717, 1.165) is 32.1 Å². The molecule has 1 aliphatic heterocycles. The minimum atomic E-state index is 0.00944. The summed E-state index contributed by atoms with van der Waals surface area (Å²) in [6, 6.07) is 0.728. The monoisotopic (exact) mass is 228 g/mol. The van der Waals surface area contributed by atoms with Crippen molar-refractivity contribution in [2.45, 2.75) is 51.7 Å². The molecule has 0 saturated carbocycles. The molecule has 0 aromatic heterocycles. The summed E-state index contributed by atoms with van der Waals surface area (Å²) in [5.74, 6) is 0. The largest absolute Gasteiger partial charge is 0.379 e. The van der Waals surface area contributed by atoms with Crippen molar-refractivity contribution in [3.05, 3.63) is 0 Å². The number of piperidine rings is 1. The highest BCUT2D eigenvalue weighted by atomic mass is 16.5. The molecule has 3 nitrogen and oxygen atoms in total. The number of nitrogens with zero attached hydrogens (tertiary/aromatic N) is 1. The van der Waals surface area contributed by atoms with Gasteiger partial charge in [0.2, 0.25) is 0 Å². The van der Waals surface area contributed by atoms with E-state index in [1.165, 1.54) is 19.4 Å². The van der Waals surface area contributed by atoms with E-state index in [4.69, 9.17) is 4.74 Å². The summed E-state index contributed by atoms with van der Waals surface area (Å²) in [5, 5.41) is 3.49. The van der Waals surface area contributed by atoms with Crippen molar-refractivity contribution in [3.8, 4) is 0 Å². The predicted molar refractivity (Wildman–Crippen MR) is 68.8 cm³/mol. The van der Waals surface area contributed by atoms with Crippen LogP contribution >= 0.6 is 0 Å². The average molecular weight is 228 g/mol. The molecule has 1 aliphatic rings. The maximum atomic E-state index is 5.48. The molecule has 1 unspecified atom stereocenters. The molecule has 1 atom stereocenters. The van der Waals surface area contributed by atoms with Gasteiger partial charge in [-0.3, -0.25) is 4.90 Å². The minimum Gasteiger partial charge on any atom is -0.379 e. The Morgan fingerprint density at radius 3 is 2.69 bits per heavy atom. The molecule has 1 saturated heterocycles. The summed E-state index contributed by atoms with van der Waals surface area (Å²) in [4.78, 5) is 2.59. The molecule has 1 N–H and O–H groups in total. The standard InChI is InChI=1S/C13H28N2O/c1-5-15(10-8-13(2,3)16-4)12-7-6-9-14-11-12/h12,14H,5-11H2,1-4H3. The molecule has 1 rings (SSSR count). The van der Waals surface area contributed by atoms with Crippen LogP contribution in [-0.2, 0) is 4.74 Å². The van der Waals surface area contributed by atoms with Gasteiger partial charge in [0.25, 0.3) is 0 Å². The van der Waals surface area contributed by atoms with Crippen molar-refractivity contribution in [2.75, 3.05) is 33.3 Å². The van der Waals surface area contributed by atoms with Gasteiger partial charge in [0, 0.05) is 26.2 Å². The summed E-state index contributed by atoms with van der Waals surface area (Å²) in [7, 11) is 1.80. The highest BCUT2D eigenvalue weighted by molar-refractivity contribution is 4.80. The van der Waals surface area contributed by atoms with Crippen molar-refractivity contribution in [2.24, 2.45) is 0 Å². The number of rotatable bonds is 6. The van der Waals surface area contributed by atoms with Gasteiger partial charge in [-0.25, -0.2) is 0 Å². The van der Waals surface area contributed by atoms with Crippen LogP contribution in [0.5, 0.6) is 0 Å². The van der Waals surface area contributed by atoms with Gasteiger partial charge < -0.3 is 10.1 Å². The maximum Gasteiger partial charge on any atom is 0.0634 e. The molecule has 1 heterocycles. The highest BCUT2D eigenvalue weighted by Crippen LogP contribution is 2.16. The number of hydrogen-bond acceptors (Lipinski definition) is 3. The molecule has 0 amide bonds. The van der Waals surface area contributed by atoms with Crippen LogP contribution in [0, 0.1) is 0 Å². The molecule has 3 heteroatoms. The fourth-order valence-corrected chi connectivity index (χ4v) is 2.26. The van der Waals surface area contributed by atoms with Crippen molar-refractivity contribution >= 4 is 0 Å². The van der Waals surface area contributed by atoms with Gasteiger partial charge in [-0.1, -0.05) is 6.92 Å². The number of nitrogens with one attached hydrogen (secondary N) is 1. The zero-order valence-corrected chi connectivity index (χ0v) is 11.4. The number of hydrogen-bond donors (Lipinski definition) is 1. The molecule has 0 spiro atoms. The van der Waals surface area contributed by atoms with E-state index in [1.54, 1.807) is 7.11 Å². The summed E-state index contributed by atoms with van der Waals surface area (Å²) in [5.41, 5.74) is 0.00944. The fraction of sp³-hybridized carbons (Fsp3) is 1.00. The SMILES string of the molecule is CCN(CCC(C)(C)OC)C1CCCNC1. The first-order valence-corrected chi connectivity index (χ1v) is 6.59. The first-order valence-electron chi connectivity index (χ1n) is 6.59. The molecule has 0 aromatic rings. The third-order valence-electron chi connectivity index (χ3n) is 3.75. The van der Waals surface area contributed by atoms with Crippen LogP contribution < -0.4 is 5.32 Å². The van der Waals surface area contributed by atoms with Crippen LogP contribution in [0.3, 0.4) is 0 Å². The Morgan fingerprint density at radius 2 is 2.19 bits per heavy atom. The Labute approximate surface area is 101 Å². The Bertz CT molecular complexity index is 188. The van der Waals surface area contributed by atoms with Crippen LogP contribution in [0.25, 0.3) is 0 Å². The van der Waals surface area contributed by atoms with Crippen LogP contribution in [-0.4, -0.2) is 49.8 Å². The fourth-order valence-electron chi connectivity index (χ4n) is 2.26. The normalized spacial score (nSPS) is 22.7. The number of likely N-dealkylation sites (N-methyl/N-ethyl adjacent to an activating group) is 1. The van der Waals surface area contributed by atoms with Crippen LogP contribution in [0.2, 0.25) is 0 Å². The quantitative estimate of drug-likeness (QED) is 0.751. The van der Waals surface area contributed by atoms with Gasteiger partial charge in [0.05, 0.1) is 5.60 Å². The Kier molecular flexibility index (Phi) is 5.73. The topological polar surface area (TPSA) is 24.5 Å². The molecular weight excluding hydrogens is 200 g/mol. The lowest BCUT2D eigenvalue weighted by Gasteiger charge is -2.36. The number of ether oxygens (including phenoxy) is 1. The molecule has 0 aromatic carbocycles. The predicted octanol–water partition coefficient (Wildman–Crippen LogP) is 1.88. The van der Waals surface area contributed by atoms with Gasteiger partial charge in [0.1, 0.15) is 0 Å². The van der Waals surface area contributed by atoms with E-state index >= 15 is 0 Å². The average Bonchev–Trinajstić information content (AvgIpc) is 2.31. The zero-order valence-electron chi connectivity index (χ0n) is 11.4. The third-order valence-corrected chi connectivity index (χ3v) is 3.75. The zero-order chi connectivity index (χ0) is 12.0. The summed E-state index contributed by atoms with van der Waals surface area (Å²) in [6.45, 7) is 11.2. The van der Waals surface area contributed by atoms with E-state index in [9.17, 15) is 0 Å². The summed E-state index contributed by atoms with van der Waals surface area (Å²) < 4.78 is 5.48. The molecule has 1 fully saturated rings. The first kappa shape index (κ1) is 13.9. The molecule has 96 valence electrons. The highest BCUT2D eigenvalue weighted by Gasteiger charge is 2.23. The van der Waals surface area contributed by atoms with Crippen LogP contribution in [0.1, 0.15) is 40.0 Å².